The molecule has 1 atom stereocenters. The predicted molar refractivity (Wildman–Crippen MR) is 127 cm³/mol. The summed E-state index contributed by atoms with van der Waals surface area (Å²) in [7, 11) is 1.47. The highest BCUT2D eigenvalue weighted by Crippen LogP contribution is 2.27. The molecule has 3 aromatic rings. The van der Waals surface area contributed by atoms with E-state index in [1.165, 1.54) is 19.2 Å². The van der Waals surface area contributed by atoms with Gasteiger partial charge in [0.1, 0.15) is 11.5 Å². The number of amides is 1. The molecule has 0 fully saturated rings. The summed E-state index contributed by atoms with van der Waals surface area (Å²) >= 11 is 6.42. The molecule has 0 bridgehead atoms. The van der Waals surface area contributed by atoms with Crippen molar-refractivity contribution in [3.05, 3.63) is 87.5 Å². The van der Waals surface area contributed by atoms with E-state index >= 15 is 0 Å². The van der Waals surface area contributed by atoms with Crippen molar-refractivity contribution < 1.29 is 24.2 Å². The number of unbranched alkanes of at least 4 members (excludes halogenated alkanes) is 1. The zero-order valence-corrected chi connectivity index (χ0v) is 19.7. The smallest absolute Gasteiger partial charge is 0.336 e. The average molecular weight is 484 g/mol. The van der Waals surface area contributed by atoms with Gasteiger partial charge in [-0.05, 0) is 18.1 Å². The maximum Gasteiger partial charge on any atom is 0.336 e. The third-order valence-corrected chi connectivity index (χ3v) is 5.74. The number of carbonyl (C=O) groups excluding carboxylic acids is 2. The highest BCUT2D eigenvalue weighted by Gasteiger charge is 2.24. The van der Waals surface area contributed by atoms with E-state index in [1.807, 2.05) is 4.57 Å². The van der Waals surface area contributed by atoms with Crippen molar-refractivity contribution in [3.8, 4) is 0 Å². The summed E-state index contributed by atoms with van der Waals surface area (Å²) in [6, 6.07) is 13.1. The average Bonchev–Trinajstić information content (AvgIpc) is 3.15. The minimum Gasteiger partial charge on any atom is -0.478 e. The Morgan fingerprint density at radius 3 is 2.44 bits per heavy atom. The number of nitrogens with zero attached hydrogens (tertiary/aromatic N) is 2. The van der Waals surface area contributed by atoms with E-state index in [0.717, 1.165) is 24.2 Å². The number of rotatable bonds is 12. The van der Waals surface area contributed by atoms with Crippen LogP contribution in [0.15, 0.2) is 48.5 Å². The molecule has 3 rings (SSSR count). The molecule has 2 N–H and O–H groups in total. The maximum absolute atomic E-state index is 12.9. The van der Waals surface area contributed by atoms with E-state index in [-0.39, 0.29) is 22.1 Å². The molecule has 0 aliphatic heterocycles. The number of ether oxygens (including phenoxy) is 1. The first kappa shape index (κ1) is 25.1. The lowest BCUT2D eigenvalue weighted by Crippen LogP contribution is -2.25. The quantitative estimate of drug-likeness (QED) is 0.226. The Hall–Kier alpha value is -3.49. The fraction of sp³-hybridized carbons (Fsp3) is 0.280. The van der Waals surface area contributed by atoms with Crippen LogP contribution in [0.2, 0.25) is 5.15 Å². The van der Waals surface area contributed by atoms with Crippen molar-refractivity contribution in [3.63, 3.8) is 0 Å². The van der Waals surface area contributed by atoms with Crippen LogP contribution < -0.4 is 5.32 Å². The summed E-state index contributed by atoms with van der Waals surface area (Å²) in [6.07, 6.45) is 2.39. The monoisotopic (exact) mass is 483 g/mol. The molecule has 0 radical (unpaired) electrons. The van der Waals surface area contributed by atoms with Gasteiger partial charge in [0, 0.05) is 31.2 Å². The largest absolute Gasteiger partial charge is 0.478 e. The van der Waals surface area contributed by atoms with Gasteiger partial charge in [-0.25, -0.2) is 9.78 Å². The molecule has 1 amide bonds. The van der Waals surface area contributed by atoms with Crippen molar-refractivity contribution >= 4 is 29.8 Å². The third-order valence-electron chi connectivity index (χ3n) is 5.46. The number of aryl methyl sites for hydroxylation is 1. The van der Waals surface area contributed by atoms with Gasteiger partial charge in [-0.1, -0.05) is 67.4 Å². The molecule has 1 heterocycles. The van der Waals surface area contributed by atoms with Gasteiger partial charge in [-0.3, -0.25) is 9.59 Å². The fourth-order valence-electron chi connectivity index (χ4n) is 3.72. The van der Waals surface area contributed by atoms with Crippen LogP contribution in [0, 0.1) is 0 Å². The Bertz CT molecular complexity index is 1170. The van der Waals surface area contributed by atoms with Gasteiger partial charge < -0.3 is 19.7 Å². The van der Waals surface area contributed by atoms with Crippen molar-refractivity contribution in [2.24, 2.45) is 0 Å². The molecule has 0 aliphatic carbocycles. The van der Waals surface area contributed by atoms with Crippen LogP contribution in [0.25, 0.3) is 0 Å². The SMILES string of the molecule is CCCCc1nc(Cl)c(C(NC=O)OC)n1Cc1ccc(C(=O)c2ccccc2C(=O)O)cc1. The van der Waals surface area contributed by atoms with Crippen LogP contribution >= 0.6 is 11.6 Å². The Labute approximate surface area is 202 Å². The Kier molecular flexibility index (Phi) is 8.56. The standard InChI is InChI=1S/C25H26ClN3O5/c1-3-4-9-20-28-23(26)21(24(34-2)27-15-30)29(20)14-16-10-12-17(13-11-16)22(31)18-7-5-6-8-19(18)25(32)33/h5-8,10-13,15,24H,3-4,9,14H2,1-2H3,(H,27,30)(H,32,33). The van der Waals surface area contributed by atoms with Gasteiger partial charge in [-0.2, -0.15) is 0 Å². The molecule has 0 saturated carbocycles. The Morgan fingerprint density at radius 1 is 1.18 bits per heavy atom. The number of imidazole rings is 1. The van der Waals surface area contributed by atoms with E-state index in [9.17, 15) is 19.5 Å². The number of benzene rings is 2. The van der Waals surface area contributed by atoms with Gasteiger partial charge in [-0.15, -0.1) is 0 Å². The van der Waals surface area contributed by atoms with Gasteiger partial charge in [0.05, 0.1) is 5.56 Å². The Morgan fingerprint density at radius 2 is 1.85 bits per heavy atom. The number of ketones is 1. The Balaban J connectivity index is 1.92. The van der Waals surface area contributed by atoms with Crippen LogP contribution in [0.3, 0.4) is 0 Å². The van der Waals surface area contributed by atoms with Crippen LogP contribution in [0.1, 0.15) is 69.4 Å². The first-order chi connectivity index (χ1) is 16.4. The number of methoxy groups -OCH3 is 1. The summed E-state index contributed by atoms with van der Waals surface area (Å²) in [5.41, 5.74) is 1.89. The lowest BCUT2D eigenvalue weighted by molar-refractivity contribution is -0.113. The molecule has 1 unspecified atom stereocenters. The number of hydrogen-bond donors (Lipinski definition) is 2. The van der Waals surface area contributed by atoms with Crippen LogP contribution in [0.4, 0.5) is 0 Å². The van der Waals surface area contributed by atoms with Crippen molar-refractivity contribution in [2.45, 2.75) is 39.0 Å². The molecule has 9 heteroatoms. The van der Waals surface area contributed by atoms with Crippen molar-refractivity contribution in [2.75, 3.05) is 7.11 Å². The summed E-state index contributed by atoms with van der Waals surface area (Å²) in [5.74, 6) is -0.748. The molecule has 8 nitrogen and oxygen atoms in total. The van der Waals surface area contributed by atoms with Gasteiger partial charge in [0.25, 0.3) is 0 Å². The summed E-state index contributed by atoms with van der Waals surface area (Å²) in [6.45, 7) is 2.48. The fourth-order valence-corrected chi connectivity index (χ4v) is 4.02. The van der Waals surface area contributed by atoms with Gasteiger partial charge in [0.15, 0.2) is 17.2 Å². The number of hydrogen-bond acceptors (Lipinski definition) is 5. The minimum absolute atomic E-state index is 0.0388. The van der Waals surface area contributed by atoms with Crippen molar-refractivity contribution in [1.82, 2.24) is 14.9 Å². The predicted octanol–water partition coefficient (Wildman–Crippen LogP) is 4.25. The number of nitrogens with one attached hydrogen (secondary N) is 1. The molecule has 178 valence electrons. The number of halogens is 1. The number of carboxylic acids is 1. The molecule has 0 spiro atoms. The van der Waals surface area contributed by atoms with E-state index in [4.69, 9.17) is 16.3 Å². The number of carboxylic acid groups (broad SMARTS) is 1. The minimum atomic E-state index is -1.15. The second-order valence-corrected chi connectivity index (χ2v) is 8.03. The van der Waals surface area contributed by atoms with E-state index in [0.29, 0.717) is 30.6 Å². The summed E-state index contributed by atoms with van der Waals surface area (Å²) in [5, 5.41) is 12.2. The first-order valence-electron chi connectivity index (χ1n) is 10.8. The number of carbonyl (C=O) groups is 3. The van der Waals surface area contributed by atoms with Gasteiger partial charge >= 0.3 is 5.97 Å². The highest BCUT2D eigenvalue weighted by atomic mass is 35.5. The molecule has 0 aliphatic rings. The molecular weight excluding hydrogens is 458 g/mol. The zero-order valence-electron chi connectivity index (χ0n) is 19.0. The first-order valence-corrected chi connectivity index (χ1v) is 11.2. The van der Waals surface area contributed by atoms with Gasteiger partial charge in [0.2, 0.25) is 6.41 Å². The van der Waals surface area contributed by atoms with E-state index in [1.54, 1.807) is 36.4 Å². The number of aromatic carboxylic acids is 1. The molecule has 2 aromatic carbocycles. The molecule has 1 aromatic heterocycles. The highest BCUT2D eigenvalue weighted by molar-refractivity contribution is 6.30. The summed E-state index contributed by atoms with van der Waals surface area (Å²) < 4.78 is 7.32. The molecule has 0 saturated heterocycles. The lowest BCUT2D eigenvalue weighted by atomic mass is 9.97. The second kappa shape index (κ2) is 11.6. The molecular formula is C25H26ClN3O5. The van der Waals surface area contributed by atoms with Crippen LogP contribution in [-0.2, 0) is 22.5 Å². The zero-order chi connectivity index (χ0) is 24.7. The normalized spacial score (nSPS) is 11.7. The topological polar surface area (TPSA) is 111 Å². The third kappa shape index (κ3) is 5.52. The second-order valence-electron chi connectivity index (χ2n) is 7.67. The molecule has 34 heavy (non-hydrogen) atoms. The van der Waals surface area contributed by atoms with Crippen LogP contribution in [-0.4, -0.2) is 39.9 Å². The van der Waals surface area contributed by atoms with E-state index in [2.05, 4.69) is 17.2 Å². The number of aromatic nitrogens is 2. The van der Waals surface area contributed by atoms with Crippen LogP contribution in [0.5, 0.6) is 0 Å². The lowest BCUT2D eigenvalue weighted by Gasteiger charge is -2.19. The van der Waals surface area contributed by atoms with Crippen molar-refractivity contribution in [1.29, 1.82) is 0 Å². The summed E-state index contributed by atoms with van der Waals surface area (Å²) in [4.78, 5) is 39.9. The van der Waals surface area contributed by atoms with E-state index < -0.39 is 12.2 Å². The maximum atomic E-state index is 12.9.